The molecule has 0 heterocycles. The van der Waals surface area contributed by atoms with Crippen molar-refractivity contribution in [1.29, 1.82) is 0 Å². The van der Waals surface area contributed by atoms with Crippen molar-refractivity contribution in [2.45, 2.75) is 22.4 Å². The van der Waals surface area contributed by atoms with Crippen LogP contribution in [-0.4, -0.2) is 21.0 Å². The second kappa shape index (κ2) is 5.25. The van der Waals surface area contributed by atoms with Gasteiger partial charge in [-0.25, -0.2) is 0 Å². The van der Waals surface area contributed by atoms with Crippen molar-refractivity contribution in [2.75, 3.05) is 0 Å². The number of hydrogen-bond donors (Lipinski definition) is 2. The van der Waals surface area contributed by atoms with E-state index < -0.39 is 10.0 Å². The summed E-state index contributed by atoms with van der Waals surface area (Å²) in [5.74, 6) is -0.258. The van der Waals surface area contributed by atoms with Gasteiger partial charge in [-0.2, -0.15) is 0 Å². The van der Waals surface area contributed by atoms with Gasteiger partial charge in [-0.3, -0.25) is 4.79 Å². The lowest BCUT2D eigenvalue weighted by atomic mass is 10.1. The van der Waals surface area contributed by atoms with Gasteiger partial charge in [0.1, 0.15) is 0 Å². The van der Waals surface area contributed by atoms with Crippen LogP contribution in [-0.2, 0) is 4.79 Å². The second-order valence-electron chi connectivity index (χ2n) is 4.31. The van der Waals surface area contributed by atoms with Crippen LogP contribution >= 0.6 is 34.8 Å². The summed E-state index contributed by atoms with van der Waals surface area (Å²) in [6, 6.07) is 9.73. The van der Waals surface area contributed by atoms with Gasteiger partial charge in [0.15, 0.2) is 6.23 Å². The lowest BCUT2D eigenvalue weighted by Crippen LogP contribution is -2.44. The van der Waals surface area contributed by atoms with Gasteiger partial charge in [-0.05, 0) is 17.9 Å². The average molecular weight is 309 g/mol. The van der Waals surface area contributed by atoms with E-state index >= 15 is 0 Å². The van der Waals surface area contributed by atoms with Crippen molar-refractivity contribution in [3.05, 3.63) is 35.9 Å². The van der Waals surface area contributed by atoms with E-state index in [1.165, 1.54) is 0 Å². The second-order valence-corrected chi connectivity index (χ2v) is 6.68. The molecule has 0 aliphatic heterocycles. The molecule has 2 N–H and O–H groups in total. The molecule has 0 bridgehead atoms. The quantitative estimate of drug-likeness (QED) is 0.666. The third-order valence-electron chi connectivity index (χ3n) is 2.94. The first-order valence-corrected chi connectivity index (χ1v) is 6.63. The van der Waals surface area contributed by atoms with E-state index in [1.54, 1.807) is 0 Å². The van der Waals surface area contributed by atoms with Crippen LogP contribution < -0.4 is 5.32 Å². The number of halogens is 3. The summed E-state index contributed by atoms with van der Waals surface area (Å²) in [6.45, 7) is 0. The van der Waals surface area contributed by atoms with Crippen molar-refractivity contribution < 1.29 is 9.90 Å². The van der Waals surface area contributed by atoms with Gasteiger partial charge in [0.25, 0.3) is 0 Å². The third kappa shape index (κ3) is 3.29. The van der Waals surface area contributed by atoms with E-state index in [-0.39, 0.29) is 17.7 Å². The summed E-state index contributed by atoms with van der Waals surface area (Å²) in [7, 11) is 0. The maximum atomic E-state index is 11.8. The largest absolute Gasteiger partial charge is 0.369 e. The van der Waals surface area contributed by atoms with E-state index in [0.717, 1.165) is 12.0 Å². The molecule has 6 heteroatoms. The molecule has 3 nitrogen and oxygen atoms in total. The number of nitrogens with one attached hydrogen (secondary N) is 1. The van der Waals surface area contributed by atoms with Crippen molar-refractivity contribution >= 4 is 40.7 Å². The fourth-order valence-corrected chi connectivity index (χ4v) is 2.04. The summed E-state index contributed by atoms with van der Waals surface area (Å²) in [5, 5.41) is 11.8. The van der Waals surface area contributed by atoms with Gasteiger partial charge in [-0.15, -0.1) is 0 Å². The number of carbonyl (C=O) groups excluding carboxylic acids is 1. The van der Waals surface area contributed by atoms with E-state index in [1.807, 2.05) is 30.3 Å². The summed E-state index contributed by atoms with van der Waals surface area (Å²) in [5.41, 5.74) is 1.11. The number of carbonyl (C=O) groups is 1. The SMILES string of the molecule is O=C(N[C@@H](O)C(Cl)(Cl)Cl)[C@@H]1C[C@@H]1c1ccccc1. The molecule has 2 rings (SSSR count). The molecule has 3 atom stereocenters. The van der Waals surface area contributed by atoms with Gasteiger partial charge in [-0.1, -0.05) is 65.1 Å². The fourth-order valence-electron chi connectivity index (χ4n) is 1.88. The minimum Gasteiger partial charge on any atom is -0.369 e. The highest BCUT2D eigenvalue weighted by Gasteiger charge is 2.45. The highest BCUT2D eigenvalue weighted by molar-refractivity contribution is 6.68. The first kappa shape index (κ1) is 13.9. The minimum atomic E-state index is -1.91. The van der Waals surface area contributed by atoms with E-state index in [9.17, 15) is 9.90 Å². The Bertz CT molecular complexity index is 433. The molecule has 0 spiro atoms. The Morgan fingerprint density at radius 2 is 1.94 bits per heavy atom. The van der Waals surface area contributed by atoms with Crippen molar-refractivity contribution in [1.82, 2.24) is 5.32 Å². The maximum absolute atomic E-state index is 11.8. The van der Waals surface area contributed by atoms with Gasteiger partial charge < -0.3 is 10.4 Å². The molecule has 1 aromatic rings. The lowest BCUT2D eigenvalue weighted by Gasteiger charge is -2.19. The minimum absolute atomic E-state index is 0.158. The first-order chi connectivity index (χ1) is 8.39. The van der Waals surface area contributed by atoms with Crippen LogP contribution in [0.15, 0.2) is 30.3 Å². The third-order valence-corrected chi connectivity index (χ3v) is 3.56. The smallest absolute Gasteiger partial charge is 0.234 e. The highest BCUT2D eigenvalue weighted by atomic mass is 35.6. The molecule has 0 aromatic heterocycles. The summed E-state index contributed by atoms with van der Waals surface area (Å²) in [4.78, 5) is 11.8. The van der Waals surface area contributed by atoms with Gasteiger partial charge in [0.2, 0.25) is 9.70 Å². The van der Waals surface area contributed by atoms with Crippen LogP contribution in [0.3, 0.4) is 0 Å². The number of hydrogen-bond acceptors (Lipinski definition) is 2. The van der Waals surface area contributed by atoms with Crippen LogP contribution in [0, 0.1) is 5.92 Å². The van der Waals surface area contributed by atoms with Crippen LogP contribution in [0.25, 0.3) is 0 Å². The number of aliphatic hydroxyl groups excluding tert-OH is 1. The topological polar surface area (TPSA) is 49.3 Å². The molecule has 0 saturated heterocycles. The molecule has 1 amide bonds. The predicted octanol–water partition coefficient (Wildman–Crippen LogP) is 2.59. The summed E-state index contributed by atoms with van der Waals surface area (Å²) >= 11 is 16.4. The number of aliphatic hydroxyl groups is 1. The molecular formula is C12H12Cl3NO2. The zero-order chi connectivity index (χ0) is 13.3. The normalized spacial score (nSPS) is 24.4. The number of rotatable bonds is 3. The van der Waals surface area contributed by atoms with Crippen LogP contribution in [0.5, 0.6) is 0 Å². The molecule has 1 saturated carbocycles. The van der Waals surface area contributed by atoms with Crippen LogP contribution in [0.1, 0.15) is 17.9 Å². The lowest BCUT2D eigenvalue weighted by molar-refractivity contribution is -0.125. The highest BCUT2D eigenvalue weighted by Crippen LogP contribution is 2.47. The molecule has 1 aliphatic carbocycles. The van der Waals surface area contributed by atoms with E-state index in [0.29, 0.717) is 0 Å². The Balaban J connectivity index is 1.91. The Labute approximate surface area is 120 Å². The van der Waals surface area contributed by atoms with Gasteiger partial charge in [0, 0.05) is 5.92 Å². The average Bonchev–Trinajstić information content (AvgIpc) is 3.08. The van der Waals surface area contributed by atoms with Crippen molar-refractivity contribution in [3.8, 4) is 0 Å². The Hall–Kier alpha value is -0.480. The first-order valence-electron chi connectivity index (χ1n) is 5.49. The zero-order valence-electron chi connectivity index (χ0n) is 9.32. The number of amides is 1. The van der Waals surface area contributed by atoms with Gasteiger partial charge in [0.05, 0.1) is 0 Å². The molecule has 18 heavy (non-hydrogen) atoms. The maximum Gasteiger partial charge on any atom is 0.234 e. The molecule has 1 fully saturated rings. The molecule has 1 aliphatic rings. The Morgan fingerprint density at radius 3 is 2.50 bits per heavy atom. The predicted molar refractivity (Wildman–Crippen MR) is 71.7 cm³/mol. The molecule has 0 unspecified atom stereocenters. The molecular weight excluding hydrogens is 296 g/mol. The van der Waals surface area contributed by atoms with E-state index in [2.05, 4.69) is 5.32 Å². The molecule has 98 valence electrons. The zero-order valence-corrected chi connectivity index (χ0v) is 11.6. The van der Waals surface area contributed by atoms with Crippen molar-refractivity contribution in [2.24, 2.45) is 5.92 Å². The number of benzene rings is 1. The van der Waals surface area contributed by atoms with Crippen molar-refractivity contribution in [3.63, 3.8) is 0 Å². The monoisotopic (exact) mass is 307 g/mol. The van der Waals surface area contributed by atoms with Gasteiger partial charge >= 0.3 is 0 Å². The molecule has 0 radical (unpaired) electrons. The molecule has 1 aromatic carbocycles. The standard InChI is InChI=1S/C12H12Cl3NO2/c13-12(14,15)11(18)16-10(17)9-6-8(9)7-4-2-1-3-5-7/h1-5,8-9,11,18H,6H2,(H,16,17)/t8-,9-,11+/m1/s1. The summed E-state index contributed by atoms with van der Waals surface area (Å²) < 4.78 is -1.91. The van der Waals surface area contributed by atoms with Crippen LogP contribution in [0.4, 0.5) is 0 Å². The Kier molecular flexibility index (Phi) is 4.07. The fraction of sp³-hybridized carbons (Fsp3) is 0.417. The summed E-state index contributed by atoms with van der Waals surface area (Å²) in [6.07, 6.45) is -0.741. The van der Waals surface area contributed by atoms with E-state index in [4.69, 9.17) is 34.8 Å². The number of alkyl halides is 3. The van der Waals surface area contributed by atoms with Crippen LogP contribution in [0.2, 0.25) is 0 Å². The Morgan fingerprint density at radius 1 is 1.33 bits per heavy atom.